The highest BCUT2D eigenvalue weighted by molar-refractivity contribution is 6.36. The summed E-state index contributed by atoms with van der Waals surface area (Å²) in [5.41, 5.74) is -0.895. The number of ketones is 3. The molecule has 3 atom stereocenters. The van der Waals surface area contributed by atoms with Crippen LogP contribution in [0.5, 0.6) is 5.75 Å². The van der Waals surface area contributed by atoms with Gasteiger partial charge in [0.05, 0.1) is 13.0 Å². The third-order valence-corrected chi connectivity index (χ3v) is 8.85. The predicted molar refractivity (Wildman–Crippen MR) is 135 cm³/mol. The first-order valence-electron chi connectivity index (χ1n) is 12.5. The minimum absolute atomic E-state index is 0.314. The first-order chi connectivity index (χ1) is 18.0. The van der Waals surface area contributed by atoms with Crippen LogP contribution < -0.4 is 10.1 Å². The lowest BCUT2D eigenvalue weighted by Gasteiger charge is -2.37. The van der Waals surface area contributed by atoms with Crippen molar-refractivity contribution in [1.29, 1.82) is 0 Å². The van der Waals surface area contributed by atoms with Crippen LogP contribution in [-0.4, -0.2) is 53.4 Å². The van der Waals surface area contributed by atoms with Gasteiger partial charge >= 0.3 is 0 Å². The number of ether oxygens (including phenoxy) is 1. The highest BCUT2D eigenvalue weighted by atomic mass is 16.5. The zero-order valence-electron chi connectivity index (χ0n) is 20.2. The Bertz CT molecular complexity index is 1490. The fraction of sp³-hybridized carbons (Fsp3) is 0.267. The molecule has 7 nitrogen and oxygen atoms in total. The van der Waals surface area contributed by atoms with E-state index in [1.807, 2.05) is 29.2 Å². The zero-order valence-corrected chi connectivity index (χ0v) is 20.2. The fourth-order valence-electron chi connectivity index (χ4n) is 7.50. The average Bonchev–Trinajstić information content (AvgIpc) is 3.64. The van der Waals surface area contributed by atoms with Gasteiger partial charge in [-0.15, -0.1) is 0 Å². The molecule has 184 valence electrons. The number of benzene rings is 3. The Morgan fingerprint density at radius 3 is 2.24 bits per heavy atom. The SMILES string of the molecule is COc1ccc(C(=O)[C@H]2C3(C(=O)c4ccccc4C3=O)N3CCC[C@@H]3[C@]23C(=O)Nc2ccccc23)cc1. The summed E-state index contributed by atoms with van der Waals surface area (Å²) in [4.78, 5) is 59.5. The van der Waals surface area contributed by atoms with Crippen molar-refractivity contribution >= 4 is 28.9 Å². The Labute approximate surface area is 213 Å². The van der Waals surface area contributed by atoms with Crippen LogP contribution >= 0.6 is 0 Å². The van der Waals surface area contributed by atoms with Gasteiger partial charge in [-0.25, -0.2) is 0 Å². The van der Waals surface area contributed by atoms with E-state index in [0.29, 0.717) is 46.7 Å². The number of nitrogens with zero attached hydrogens (tertiary/aromatic N) is 1. The number of Topliss-reactive ketones (excluding diaryl/α,β-unsaturated/α-hetero) is 3. The predicted octanol–water partition coefficient (Wildman–Crippen LogP) is 3.68. The minimum Gasteiger partial charge on any atom is -0.497 e. The van der Waals surface area contributed by atoms with Gasteiger partial charge in [-0.05, 0) is 55.3 Å². The Kier molecular flexibility index (Phi) is 4.46. The maximum Gasteiger partial charge on any atom is 0.237 e. The number of carbonyl (C=O) groups excluding carboxylic acids is 4. The highest BCUT2D eigenvalue weighted by Gasteiger charge is 2.80. The van der Waals surface area contributed by atoms with Crippen LogP contribution in [0.1, 0.15) is 49.5 Å². The number of carbonyl (C=O) groups is 4. The molecule has 7 rings (SSSR count). The summed E-state index contributed by atoms with van der Waals surface area (Å²) >= 11 is 0. The lowest BCUT2D eigenvalue weighted by atomic mass is 9.60. The molecule has 2 spiro atoms. The molecule has 1 amide bonds. The number of hydrogen-bond acceptors (Lipinski definition) is 6. The second kappa shape index (κ2) is 7.46. The van der Waals surface area contributed by atoms with E-state index in [9.17, 15) is 19.2 Å². The topological polar surface area (TPSA) is 92.8 Å². The molecule has 0 bridgehead atoms. The molecule has 1 N–H and O–H groups in total. The van der Waals surface area contributed by atoms with Gasteiger partial charge in [-0.2, -0.15) is 0 Å². The van der Waals surface area contributed by atoms with Crippen LogP contribution in [-0.2, 0) is 10.2 Å². The molecule has 1 aliphatic carbocycles. The van der Waals surface area contributed by atoms with Crippen LogP contribution in [0.25, 0.3) is 0 Å². The molecule has 0 radical (unpaired) electrons. The van der Waals surface area contributed by atoms with E-state index >= 15 is 0 Å². The molecule has 3 heterocycles. The summed E-state index contributed by atoms with van der Waals surface area (Å²) in [6, 6.07) is 20.3. The molecular weight excluding hydrogens is 468 g/mol. The third kappa shape index (κ3) is 2.45. The maximum absolute atomic E-state index is 14.6. The zero-order chi connectivity index (χ0) is 25.5. The molecule has 3 aromatic carbocycles. The maximum atomic E-state index is 14.6. The number of rotatable bonds is 3. The van der Waals surface area contributed by atoms with Crippen molar-refractivity contribution in [1.82, 2.24) is 4.90 Å². The van der Waals surface area contributed by atoms with E-state index in [4.69, 9.17) is 4.74 Å². The third-order valence-electron chi connectivity index (χ3n) is 8.85. The first kappa shape index (κ1) is 22.1. The summed E-state index contributed by atoms with van der Waals surface area (Å²) in [6.07, 6.45) is 1.33. The summed E-state index contributed by atoms with van der Waals surface area (Å²) < 4.78 is 5.27. The number of hydrogen-bond donors (Lipinski definition) is 1. The van der Waals surface area contributed by atoms with Crippen LogP contribution in [0.2, 0.25) is 0 Å². The Hall–Kier alpha value is -4.10. The standard InChI is InChI=1S/C30H24N2O5/c1-37-18-14-12-17(13-15-18)24(33)25-29(21-9-4-5-10-22(21)31-28(29)36)23-11-6-16-32(23)30(25)26(34)19-7-2-3-8-20(19)27(30)35/h2-5,7-10,12-15,23,25H,6,11,16H2,1H3,(H,31,36)/t23-,25-,29+/m1/s1. The lowest BCUT2D eigenvalue weighted by Crippen LogP contribution is -2.60. The Morgan fingerprint density at radius 1 is 0.919 bits per heavy atom. The van der Waals surface area contributed by atoms with Crippen LogP contribution in [0.15, 0.2) is 72.8 Å². The van der Waals surface area contributed by atoms with E-state index in [2.05, 4.69) is 5.32 Å². The van der Waals surface area contributed by atoms with Crippen LogP contribution in [0, 0.1) is 5.92 Å². The van der Waals surface area contributed by atoms with Crippen molar-refractivity contribution in [3.63, 3.8) is 0 Å². The van der Waals surface area contributed by atoms with Crippen molar-refractivity contribution in [3.8, 4) is 5.75 Å². The van der Waals surface area contributed by atoms with Gasteiger partial charge in [0.2, 0.25) is 5.91 Å². The smallest absolute Gasteiger partial charge is 0.237 e. The number of fused-ring (bicyclic) bond motifs is 6. The van der Waals surface area contributed by atoms with E-state index in [-0.39, 0.29) is 17.5 Å². The number of methoxy groups -OCH3 is 1. The Morgan fingerprint density at radius 2 is 1.57 bits per heavy atom. The van der Waals surface area contributed by atoms with E-state index < -0.39 is 28.7 Å². The van der Waals surface area contributed by atoms with Gasteiger partial charge in [0, 0.05) is 28.4 Å². The van der Waals surface area contributed by atoms with Gasteiger partial charge < -0.3 is 10.1 Å². The molecule has 3 aliphatic heterocycles. The van der Waals surface area contributed by atoms with Gasteiger partial charge in [-0.3, -0.25) is 24.1 Å². The monoisotopic (exact) mass is 492 g/mol. The van der Waals surface area contributed by atoms with E-state index in [1.165, 1.54) is 0 Å². The molecule has 4 aliphatic rings. The first-order valence-corrected chi connectivity index (χ1v) is 12.5. The van der Waals surface area contributed by atoms with Crippen LogP contribution in [0.4, 0.5) is 5.69 Å². The average molecular weight is 493 g/mol. The molecular formula is C30H24N2O5. The molecule has 2 fully saturated rings. The van der Waals surface area contributed by atoms with Gasteiger partial charge in [0.1, 0.15) is 11.2 Å². The number of amides is 1. The molecule has 3 aromatic rings. The molecule has 0 unspecified atom stereocenters. The fourth-order valence-corrected chi connectivity index (χ4v) is 7.50. The van der Waals surface area contributed by atoms with Gasteiger partial charge in [-0.1, -0.05) is 42.5 Å². The molecule has 37 heavy (non-hydrogen) atoms. The van der Waals surface area contributed by atoms with Crippen molar-refractivity contribution in [3.05, 3.63) is 95.1 Å². The molecule has 2 saturated heterocycles. The van der Waals surface area contributed by atoms with E-state index in [1.54, 1.807) is 55.6 Å². The summed E-state index contributed by atoms with van der Waals surface area (Å²) in [6.45, 7) is 0.458. The Balaban J connectivity index is 1.55. The normalized spacial score (nSPS) is 26.9. The highest BCUT2D eigenvalue weighted by Crippen LogP contribution is 2.63. The second-order valence-electron chi connectivity index (χ2n) is 10.2. The number of nitrogens with one attached hydrogen (secondary N) is 1. The quantitative estimate of drug-likeness (QED) is 0.443. The summed E-state index contributed by atoms with van der Waals surface area (Å²) in [5.74, 6) is -2.14. The van der Waals surface area contributed by atoms with Crippen molar-refractivity contribution < 1.29 is 23.9 Å². The number of anilines is 1. The van der Waals surface area contributed by atoms with Crippen molar-refractivity contribution in [2.45, 2.75) is 29.8 Å². The van der Waals surface area contributed by atoms with Crippen LogP contribution in [0.3, 0.4) is 0 Å². The second-order valence-corrected chi connectivity index (χ2v) is 10.2. The summed E-state index contributed by atoms with van der Waals surface area (Å²) in [7, 11) is 1.54. The van der Waals surface area contributed by atoms with Gasteiger partial charge in [0.15, 0.2) is 22.9 Å². The minimum atomic E-state index is -1.78. The lowest BCUT2D eigenvalue weighted by molar-refractivity contribution is -0.122. The molecule has 0 saturated carbocycles. The molecule has 0 aromatic heterocycles. The summed E-state index contributed by atoms with van der Waals surface area (Å²) in [5, 5.41) is 2.99. The van der Waals surface area contributed by atoms with Crippen molar-refractivity contribution in [2.75, 3.05) is 19.0 Å². The van der Waals surface area contributed by atoms with E-state index in [0.717, 1.165) is 6.42 Å². The number of para-hydroxylation sites is 1. The van der Waals surface area contributed by atoms with Crippen molar-refractivity contribution in [2.24, 2.45) is 5.92 Å². The largest absolute Gasteiger partial charge is 0.497 e. The molecule has 7 heteroatoms. The van der Waals surface area contributed by atoms with Gasteiger partial charge in [0.25, 0.3) is 0 Å².